The molecule has 0 aromatic carbocycles. The molecule has 0 N–H and O–H groups in total. The van der Waals surface area contributed by atoms with E-state index >= 15 is 0 Å². The van der Waals surface area contributed by atoms with Gasteiger partial charge in [-0.05, 0) is 30.9 Å². The van der Waals surface area contributed by atoms with Gasteiger partial charge in [0, 0.05) is 17.1 Å². The Bertz CT molecular complexity index is 544. The Balaban J connectivity index is 2.65. The van der Waals surface area contributed by atoms with E-state index in [2.05, 4.69) is 0 Å². The molecule has 0 saturated carbocycles. The number of hydrogen-bond donors (Lipinski definition) is 0. The van der Waals surface area contributed by atoms with E-state index < -0.39 is 19.6 Å². The van der Waals surface area contributed by atoms with Gasteiger partial charge in [0.05, 0.1) is 0 Å². The van der Waals surface area contributed by atoms with Crippen molar-refractivity contribution in [3.63, 3.8) is 0 Å². The van der Waals surface area contributed by atoms with Gasteiger partial charge in [-0.2, -0.15) is 0 Å². The largest absolute Gasteiger partial charge is 0.427 e. The second-order valence-corrected chi connectivity index (χ2v) is 6.03. The zero-order valence-electron chi connectivity index (χ0n) is 7.82. The van der Waals surface area contributed by atoms with Crippen molar-refractivity contribution in [1.82, 2.24) is 0 Å². The van der Waals surface area contributed by atoms with Crippen molar-refractivity contribution >= 4 is 19.7 Å². The van der Waals surface area contributed by atoms with E-state index in [1.807, 2.05) is 0 Å². The molecule has 15 heavy (non-hydrogen) atoms. The van der Waals surface area contributed by atoms with E-state index in [-0.39, 0.29) is 0 Å². The third kappa shape index (κ3) is 2.08. The molecule has 0 saturated heterocycles. The SMILES string of the molecule is O=c1oc2c(cc1S(=O)(=O)Cl)CCCC2. The molecular formula is C9H9ClO4S. The van der Waals surface area contributed by atoms with Gasteiger partial charge in [-0.3, -0.25) is 0 Å². The Morgan fingerprint density at radius 1 is 1.27 bits per heavy atom. The lowest BCUT2D eigenvalue weighted by molar-refractivity contribution is 0.414. The van der Waals surface area contributed by atoms with Crippen molar-refractivity contribution in [3.05, 3.63) is 27.8 Å². The van der Waals surface area contributed by atoms with Crippen LogP contribution in [-0.2, 0) is 21.9 Å². The van der Waals surface area contributed by atoms with Gasteiger partial charge in [-0.25, -0.2) is 13.2 Å². The van der Waals surface area contributed by atoms with Crippen molar-refractivity contribution in [3.8, 4) is 0 Å². The van der Waals surface area contributed by atoms with E-state index in [0.717, 1.165) is 24.8 Å². The Morgan fingerprint density at radius 2 is 1.93 bits per heavy atom. The molecule has 1 aliphatic rings. The first-order valence-electron chi connectivity index (χ1n) is 4.59. The van der Waals surface area contributed by atoms with Crippen LogP contribution in [0.15, 0.2) is 20.2 Å². The zero-order valence-corrected chi connectivity index (χ0v) is 9.40. The van der Waals surface area contributed by atoms with Gasteiger partial charge in [0.2, 0.25) is 0 Å². The fraction of sp³-hybridized carbons (Fsp3) is 0.444. The van der Waals surface area contributed by atoms with E-state index in [0.29, 0.717) is 12.2 Å². The Kier molecular flexibility index (Phi) is 2.60. The summed E-state index contributed by atoms with van der Waals surface area (Å²) in [5, 5.41) is 0. The average Bonchev–Trinajstić information content (AvgIpc) is 2.15. The van der Waals surface area contributed by atoms with Gasteiger partial charge in [0.25, 0.3) is 9.05 Å². The van der Waals surface area contributed by atoms with Crippen LogP contribution in [0.5, 0.6) is 0 Å². The fourth-order valence-electron chi connectivity index (χ4n) is 1.72. The molecule has 0 amide bonds. The Morgan fingerprint density at radius 3 is 2.60 bits per heavy atom. The molecule has 1 aromatic rings. The molecule has 0 radical (unpaired) electrons. The van der Waals surface area contributed by atoms with Gasteiger partial charge in [0.15, 0.2) is 4.90 Å². The first kappa shape index (κ1) is 10.7. The van der Waals surface area contributed by atoms with Crippen molar-refractivity contribution in [2.24, 2.45) is 0 Å². The predicted molar refractivity (Wildman–Crippen MR) is 54.7 cm³/mol. The lowest BCUT2D eigenvalue weighted by Gasteiger charge is -2.13. The number of aryl methyl sites for hydroxylation is 2. The molecule has 0 unspecified atom stereocenters. The quantitative estimate of drug-likeness (QED) is 0.706. The van der Waals surface area contributed by atoms with E-state index in [1.165, 1.54) is 6.07 Å². The number of halogens is 1. The number of rotatable bonds is 1. The zero-order chi connectivity index (χ0) is 11.1. The van der Waals surface area contributed by atoms with Crippen molar-refractivity contribution < 1.29 is 12.8 Å². The minimum absolute atomic E-state index is 0.454. The van der Waals surface area contributed by atoms with E-state index in [1.54, 1.807) is 0 Å². The van der Waals surface area contributed by atoms with Crippen LogP contribution in [0.3, 0.4) is 0 Å². The highest BCUT2D eigenvalue weighted by molar-refractivity contribution is 8.13. The van der Waals surface area contributed by atoms with Crippen LogP contribution in [0.25, 0.3) is 0 Å². The summed E-state index contributed by atoms with van der Waals surface area (Å²) in [5.74, 6) is 0.593. The first-order chi connectivity index (χ1) is 6.98. The van der Waals surface area contributed by atoms with Crippen molar-refractivity contribution in [2.75, 3.05) is 0 Å². The summed E-state index contributed by atoms with van der Waals surface area (Å²) in [4.78, 5) is 10.9. The summed E-state index contributed by atoms with van der Waals surface area (Å²) < 4.78 is 27.0. The maximum absolute atomic E-state index is 11.3. The molecule has 1 heterocycles. The summed E-state index contributed by atoms with van der Waals surface area (Å²) >= 11 is 0. The first-order valence-corrected chi connectivity index (χ1v) is 6.90. The van der Waals surface area contributed by atoms with Crippen LogP contribution in [0.4, 0.5) is 0 Å². The lowest BCUT2D eigenvalue weighted by atomic mass is 9.98. The Hall–Kier alpha value is -0.810. The average molecular weight is 249 g/mol. The summed E-state index contributed by atoms with van der Waals surface area (Å²) in [6, 6.07) is 1.34. The summed E-state index contributed by atoms with van der Waals surface area (Å²) in [6.45, 7) is 0. The van der Waals surface area contributed by atoms with Crippen LogP contribution in [0.2, 0.25) is 0 Å². The van der Waals surface area contributed by atoms with Crippen molar-refractivity contribution in [1.29, 1.82) is 0 Å². The van der Waals surface area contributed by atoms with Crippen LogP contribution in [0.1, 0.15) is 24.2 Å². The van der Waals surface area contributed by atoms with Gasteiger partial charge < -0.3 is 4.42 Å². The number of hydrogen-bond acceptors (Lipinski definition) is 4. The fourth-order valence-corrected chi connectivity index (χ4v) is 2.57. The molecule has 0 aliphatic heterocycles. The van der Waals surface area contributed by atoms with Gasteiger partial charge in [0.1, 0.15) is 5.76 Å². The second kappa shape index (κ2) is 3.64. The molecule has 0 spiro atoms. The summed E-state index contributed by atoms with van der Waals surface area (Å²) in [6.07, 6.45) is 3.36. The molecule has 2 rings (SSSR count). The smallest absolute Gasteiger partial charge is 0.356 e. The monoisotopic (exact) mass is 248 g/mol. The van der Waals surface area contributed by atoms with Crippen LogP contribution < -0.4 is 5.63 Å². The molecular weight excluding hydrogens is 240 g/mol. The molecule has 0 fully saturated rings. The molecule has 1 aliphatic carbocycles. The Labute approximate surface area is 91.3 Å². The third-order valence-corrected chi connectivity index (χ3v) is 3.75. The molecule has 4 nitrogen and oxygen atoms in total. The van der Waals surface area contributed by atoms with Crippen molar-refractivity contribution in [2.45, 2.75) is 30.6 Å². The molecule has 0 atom stereocenters. The topological polar surface area (TPSA) is 64.3 Å². The summed E-state index contributed by atoms with van der Waals surface area (Å²) in [7, 11) is 1.12. The van der Waals surface area contributed by atoms with E-state index in [4.69, 9.17) is 15.1 Å². The summed E-state index contributed by atoms with van der Waals surface area (Å²) in [5.41, 5.74) is -0.0919. The maximum atomic E-state index is 11.3. The molecule has 0 bridgehead atoms. The number of fused-ring (bicyclic) bond motifs is 1. The van der Waals surface area contributed by atoms with Crippen LogP contribution in [0, 0.1) is 0 Å². The highest BCUT2D eigenvalue weighted by atomic mass is 35.7. The van der Waals surface area contributed by atoms with Gasteiger partial charge in [-0.15, -0.1) is 0 Å². The van der Waals surface area contributed by atoms with Crippen LogP contribution >= 0.6 is 10.7 Å². The van der Waals surface area contributed by atoms with Crippen LogP contribution in [-0.4, -0.2) is 8.42 Å². The molecule has 82 valence electrons. The molecule has 1 aromatic heterocycles. The highest BCUT2D eigenvalue weighted by Gasteiger charge is 2.21. The maximum Gasteiger partial charge on any atom is 0.356 e. The highest BCUT2D eigenvalue weighted by Crippen LogP contribution is 2.22. The van der Waals surface area contributed by atoms with Gasteiger partial charge in [-0.1, -0.05) is 0 Å². The minimum Gasteiger partial charge on any atom is -0.427 e. The predicted octanol–water partition coefficient (Wildman–Crippen LogP) is 1.45. The lowest BCUT2D eigenvalue weighted by Crippen LogP contribution is -2.15. The minimum atomic E-state index is -4.00. The normalized spacial score (nSPS) is 16.1. The molecule has 6 heteroatoms. The third-order valence-electron chi connectivity index (χ3n) is 2.44. The van der Waals surface area contributed by atoms with E-state index in [9.17, 15) is 13.2 Å². The van der Waals surface area contributed by atoms with Gasteiger partial charge >= 0.3 is 5.63 Å². The standard InChI is InChI=1S/C9H9ClO4S/c10-15(12,13)8-5-6-3-1-2-4-7(6)14-9(8)11/h5H,1-4H2. The second-order valence-electron chi connectivity index (χ2n) is 3.49.